The first-order valence-corrected chi connectivity index (χ1v) is 6.63. The van der Waals surface area contributed by atoms with Crippen LogP contribution in [0.25, 0.3) is 0 Å². The summed E-state index contributed by atoms with van der Waals surface area (Å²) in [4.78, 5) is -0.0304. The Morgan fingerprint density at radius 2 is 1.79 bits per heavy atom. The van der Waals surface area contributed by atoms with Crippen molar-refractivity contribution in [2.24, 2.45) is 0 Å². The topological polar surface area (TPSA) is 34.1 Å². The van der Waals surface area contributed by atoms with Gasteiger partial charge in [0.1, 0.15) is 5.41 Å². The Bertz CT molecular complexity index is 422. The van der Waals surface area contributed by atoms with E-state index in [0.29, 0.717) is 5.56 Å². The molecule has 0 amide bonds. The fourth-order valence-corrected chi connectivity index (χ4v) is 1.91. The van der Waals surface area contributed by atoms with Crippen LogP contribution in [0.1, 0.15) is 12.5 Å². The second-order valence-electron chi connectivity index (χ2n) is 3.04. The maximum absolute atomic E-state index is 13.3. The van der Waals surface area contributed by atoms with Crippen LogP contribution in [0.3, 0.4) is 0 Å². The fraction of sp³-hybridized carbons (Fsp3) is 0.250. The minimum atomic E-state index is -3.72. The zero-order valence-corrected chi connectivity index (χ0v) is 10.1. The van der Waals surface area contributed by atoms with Crippen LogP contribution in [0.5, 0.6) is 0 Å². The van der Waals surface area contributed by atoms with Crippen molar-refractivity contribution in [3.05, 3.63) is 29.8 Å². The summed E-state index contributed by atoms with van der Waals surface area (Å²) < 4.78 is 35.1. The van der Waals surface area contributed by atoms with Gasteiger partial charge in [0.05, 0.1) is 4.90 Å². The van der Waals surface area contributed by atoms with E-state index >= 15 is 0 Å². The lowest BCUT2D eigenvalue weighted by Crippen LogP contribution is -2.04. The Hall–Kier alpha value is -0.180. The number of rotatable bonds is 2. The highest BCUT2D eigenvalue weighted by Crippen LogP contribution is 2.32. The minimum Gasteiger partial charge on any atom is -0.235 e. The average molecular weight is 255 g/mol. The van der Waals surface area contributed by atoms with E-state index in [1.807, 2.05) is 9.24 Å². The number of hydrogen-bond acceptors (Lipinski definition) is 2. The Morgan fingerprint density at radius 3 is 2.07 bits per heavy atom. The molecule has 1 aromatic carbocycles. The maximum Gasteiger partial charge on any atom is 0.261 e. The molecule has 0 fully saturated rings. The van der Waals surface area contributed by atoms with E-state index in [9.17, 15) is 12.8 Å². The quantitative estimate of drug-likeness (QED) is 0.601. The van der Waals surface area contributed by atoms with E-state index in [4.69, 9.17) is 10.7 Å². The SMILES string of the molecule is CC(F)(P)c1ccc(S(=O)(=O)Cl)cc1. The van der Waals surface area contributed by atoms with Gasteiger partial charge in [0, 0.05) is 10.7 Å². The second kappa shape index (κ2) is 3.76. The molecular weight excluding hydrogens is 246 g/mol. The molecule has 6 heteroatoms. The number of alkyl halides is 1. The molecule has 1 aromatic rings. The third-order valence-electron chi connectivity index (χ3n) is 1.70. The van der Waals surface area contributed by atoms with E-state index in [2.05, 4.69) is 0 Å². The molecule has 0 spiro atoms. The van der Waals surface area contributed by atoms with Crippen molar-refractivity contribution in [2.75, 3.05) is 0 Å². The largest absolute Gasteiger partial charge is 0.261 e. The smallest absolute Gasteiger partial charge is 0.235 e. The molecule has 1 rings (SSSR count). The van der Waals surface area contributed by atoms with Gasteiger partial charge in [-0.2, -0.15) is 0 Å². The number of halogens is 2. The van der Waals surface area contributed by atoms with E-state index in [0.717, 1.165) is 0 Å². The molecule has 0 aromatic heterocycles. The van der Waals surface area contributed by atoms with Crippen LogP contribution < -0.4 is 0 Å². The molecule has 0 bridgehead atoms. The molecule has 2 unspecified atom stereocenters. The summed E-state index contributed by atoms with van der Waals surface area (Å²) in [7, 11) is 3.40. The number of hydrogen-bond donors (Lipinski definition) is 0. The van der Waals surface area contributed by atoms with Gasteiger partial charge in [-0.3, -0.25) is 0 Å². The van der Waals surface area contributed by atoms with E-state index in [1.165, 1.54) is 31.2 Å². The van der Waals surface area contributed by atoms with Crippen molar-refractivity contribution < 1.29 is 12.8 Å². The average Bonchev–Trinajstić information content (AvgIpc) is 2.01. The molecule has 14 heavy (non-hydrogen) atoms. The van der Waals surface area contributed by atoms with Crippen LogP contribution in [0, 0.1) is 0 Å². The summed E-state index contributed by atoms with van der Waals surface area (Å²) in [5.74, 6) is 0. The predicted octanol–water partition coefficient (Wildman–Crippen LogP) is 2.63. The molecule has 2 nitrogen and oxygen atoms in total. The van der Waals surface area contributed by atoms with Crippen molar-refractivity contribution in [1.82, 2.24) is 0 Å². The molecule has 2 atom stereocenters. The van der Waals surface area contributed by atoms with Crippen LogP contribution in [-0.2, 0) is 14.5 Å². The summed E-state index contributed by atoms with van der Waals surface area (Å²) in [6.45, 7) is 1.36. The first-order chi connectivity index (χ1) is 6.21. The first-order valence-electron chi connectivity index (χ1n) is 3.74. The van der Waals surface area contributed by atoms with Gasteiger partial charge in [0.15, 0.2) is 0 Å². The van der Waals surface area contributed by atoms with Crippen molar-refractivity contribution in [2.45, 2.75) is 17.2 Å². The lowest BCUT2D eigenvalue weighted by atomic mass is 10.1. The minimum absolute atomic E-state index is 0.0304. The van der Waals surface area contributed by atoms with Crippen molar-refractivity contribution >= 4 is 29.0 Å². The van der Waals surface area contributed by atoms with Gasteiger partial charge in [-0.15, -0.1) is 0 Å². The van der Waals surface area contributed by atoms with Crippen LogP contribution in [0.4, 0.5) is 4.39 Å². The molecule has 78 valence electrons. The second-order valence-corrected chi connectivity index (χ2v) is 6.69. The highest BCUT2D eigenvalue weighted by Gasteiger charge is 2.19. The molecular formula is C8H9ClFO2PS. The van der Waals surface area contributed by atoms with Gasteiger partial charge in [0.25, 0.3) is 9.05 Å². The first kappa shape index (κ1) is 11.9. The lowest BCUT2D eigenvalue weighted by Gasteiger charge is -2.14. The van der Waals surface area contributed by atoms with Crippen molar-refractivity contribution in [1.29, 1.82) is 0 Å². The molecule has 0 aliphatic rings. The van der Waals surface area contributed by atoms with Gasteiger partial charge >= 0.3 is 0 Å². The molecule has 0 radical (unpaired) electrons. The highest BCUT2D eigenvalue weighted by atomic mass is 35.7. The Morgan fingerprint density at radius 1 is 1.36 bits per heavy atom. The van der Waals surface area contributed by atoms with E-state index in [1.54, 1.807) is 0 Å². The van der Waals surface area contributed by atoms with Crippen molar-refractivity contribution in [3.8, 4) is 0 Å². The molecule has 0 saturated heterocycles. The van der Waals surface area contributed by atoms with Gasteiger partial charge < -0.3 is 0 Å². The summed E-state index contributed by atoms with van der Waals surface area (Å²) in [6, 6.07) is 5.34. The fourth-order valence-electron chi connectivity index (χ4n) is 0.943. The summed E-state index contributed by atoms with van der Waals surface area (Å²) >= 11 is 0. The Labute approximate surface area is 89.1 Å². The zero-order chi connectivity index (χ0) is 11.0. The molecule has 0 aliphatic carbocycles. The molecule has 0 aliphatic heterocycles. The maximum atomic E-state index is 13.3. The third kappa shape index (κ3) is 2.91. The molecule has 0 saturated carbocycles. The lowest BCUT2D eigenvalue weighted by molar-refractivity contribution is 0.323. The summed E-state index contributed by atoms with van der Waals surface area (Å²) in [5.41, 5.74) is 0.381. The van der Waals surface area contributed by atoms with Crippen LogP contribution >= 0.6 is 19.9 Å². The highest BCUT2D eigenvalue weighted by molar-refractivity contribution is 8.13. The Balaban J connectivity index is 3.14. The molecule has 0 heterocycles. The Kier molecular flexibility index (Phi) is 3.20. The van der Waals surface area contributed by atoms with Gasteiger partial charge in [0.2, 0.25) is 0 Å². The summed E-state index contributed by atoms with van der Waals surface area (Å²) in [5, 5.41) is -1.56. The van der Waals surface area contributed by atoms with Gasteiger partial charge in [-0.1, -0.05) is 21.4 Å². The molecule has 0 N–H and O–H groups in total. The number of benzene rings is 1. The predicted molar refractivity (Wildman–Crippen MR) is 57.7 cm³/mol. The normalized spacial score (nSPS) is 16.3. The third-order valence-corrected chi connectivity index (χ3v) is 3.40. The van der Waals surface area contributed by atoms with Crippen molar-refractivity contribution in [3.63, 3.8) is 0 Å². The van der Waals surface area contributed by atoms with Gasteiger partial charge in [-0.05, 0) is 24.6 Å². The van der Waals surface area contributed by atoms with Crippen LogP contribution in [-0.4, -0.2) is 8.42 Å². The van der Waals surface area contributed by atoms with Crippen LogP contribution in [0.15, 0.2) is 29.2 Å². The van der Waals surface area contributed by atoms with E-state index in [-0.39, 0.29) is 4.90 Å². The van der Waals surface area contributed by atoms with E-state index < -0.39 is 14.5 Å². The standard InChI is InChI=1S/C8H9ClFO2PS/c1-8(10,13)6-2-4-7(5-3-6)14(9,11)12/h2-5H,13H2,1H3. The zero-order valence-electron chi connectivity index (χ0n) is 7.37. The van der Waals surface area contributed by atoms with Crippen LogP contribution in [0.2, 0.25) is 0 Å². The van der Waals surface area contributed by atoms with Gasteiger partial charge in [-0.25, -0.2) is 12.8 Å². The summed E-state index contributed by atoms with van der Waals surface area (Å²) in [6.07, 6.45) is 0. The monoisotopic (exact) mass is 254 g/mol.